The number of hydrogen-bond acceptors (Lipinski definition) is 6. The Morgan fingerprint density at radius 1 is 1.02 bits per heavy atom. The Labute approximate surface area is 240 Å². The summed E-state index contributed by atoms with van der Waals surface area (Å²) in [5.74, 6) is 1.56. The fourth-order valence-corrected chi connectivity index (χ4v) is 6.04. The number of likely N-dealkylation sites (tertiary alicyclic amines) is 1. The average molecular weight is 549 g/mol. The molecule has 1 aliphatic heterocycles. The molecular formula is C34H36N4O3. The minimum Gasteiger partial charge on any atom is -0.459 e. The quantitative estimate of drug-likeness (QED) is 0.253. The molecule has 0 radical (unpaired) electrons. The van der Waals surface area contributed by atoms with E-state index in [1.165, 1.54) is 5.56 Å². The van der Waals surface area contributed by atoms with Crippen molar-refractivity contribution in [2.45, 2.75) is 52.2 Å². The number of carbonyl (C=O) groups excluding carboxylic acids is 1. The van der Waals surface area contributed by atoms with E-state index in [0.29, 0.717) is 0 Å². The smallest absolute Gasteiger partial charge is 0.225 e. The summed E-state index contributed by atoms with van der Waals surface area (Å²) in [7, 11) is 0. The number of aryl methyl sites for hydroxylation is 4. The predicted octanol–water partition coefficient (Wildman–Crippen LogP) is 5.84. The third-order valence-corrected chi connectivity index (χ3v) is 8.07. The van der Waals surface area contributed by atoms with E-state index in [2.05, 4.69) is 65.6 Å². The standard InChI is InChI=1S/C34H36N4O3/c1-20-10-12-28(21(2)14-20)33(25-8-6-5-7-9-25)36-31(39)16-24-11-13-29-26(15-24)17-30(40-29)34(38-18-27(35)19-38)32-22(3)37-41-23(32)4/h5-15,17,27,33-34H,16,18-19,35H2,1-4H3,(H,36,39)/t33-,34+/m0/s1. The molecule has 7 nitrogen and oxygen atoms in total. The van der Waals surface area contributed by atoms with E-state index in [0.717, 1.165) is 69.1 Å². The molecule has 7 heteroatoms. The van der Waals surface area contributed by atoms with Gasteiger partial charge in [-0.15, -0.1) is 0 Å². The first-order valence-electron chi connectivity index (χ1n) is 14.1. The van der Waals surface area contributed by atoms with Crippen molar-refractivity contribution in [3.63, 3.8) is 0 Å². The normalized spacial score (nSPS) is 15.5. The third-order valence-electron chi connectivity index (χ3n) is 8.07. The summed E-state index contributed by atoms with van der Waals surface area (Å²) in [6, 6.07) is 24.3. The van der Waals surface area contributed by atoms with Crippen molar-refractivity contribution in [3.05, 3.63) is 123 Å². The van der Waals surface area contributed by atoms with E-state index < -0.39 is 0 Å². The molecule has 3 aromatic carbocycles. The van der Waals surface area contributed by atoms with E-state index in [-0.39, 0.29) is 30.5 Å². The first-order chi connectivity index (χ1) is 19.8. The molecule has 1 amide bonds. The minimum atomic E-state index is -0.229. The number of carbonyl (C=O) groups is 1. The van der Waals surface area contributed by atoms with Crippen LogP contribution in [0.4, 0.5) is 0 Å². The van der Waals surface area contributed by atoms with Crippen LogP contribution in [0.2, 0.25) is 0 Å². The van der Waals surface area contributed by atoms with Crippen LogP contribution in [0.15, 0.2) is 81.7 Å². The molecule has 0 saturated carbocycles. The first-order valence-corrected chi connectivity index (χ1v) is 14.1. The second kappa shape index (κ2) is 11.0. The van der Waals surface area contributed by atoms with E-state index in [4.69, 9.17) is 14.7 Å². The van der Waals surface area contributed by atoms with Crippen molar-refractivity contribution in [1.29, 1.82) is 0 Å². The number of nitrogens with one attached hydrogen (secondary N) is 1. The highest BCUT2D eigenvalue weighted by Crippen LogP contribution is 2.38. The molecule has 2 atom stereocenters. The van der Waals surface area contributed by atoms with Gasteiger partial charge in [0.05, 0.1) is 24.2 Å². The van der Waals surface area contributed by atoms with Crippen LogP contribution in [0.25, 0.3) is 11.0 Å². The van der Waals surface area contributed by atoms with Crippen LogP contribution in [0.1, 0.15) is 62.7 Å². The zero-order valence-corrected chi connectivity index (χ0v) is 24.0. The van der Waals surface area contributed by atoms with Gasteiger partial charge in [0.15, 0.2) is 0 Å². The number of hydrogen-bond donors (Lipinski definition) is 2. The maximum atomic E-state index is 13.4. The van der Waals surface area contributed by atoms with E-state index >= 15 is 0 Å². The lowest BCUT2D eigenvalue weighted by Gasteiger charge is -2.41. The molecule has 41 heavy (non-hydrogen) atoms. The zero-order chi connectivity index (χ0) is 28.7. The van der Waals surface area contributed by atoms with Crippen LogP contribution in [0.5, 0.6) is 0 Å². The zero-order valence-electron chi connectivity index (χ0n) is 24.0. The van der Waals surface area contributed by atoms with Crippen LogP contribution >= 0.6 is 0 Å². The summed E-state index contributed by atoms with van der Waals surface area (Å²) in [6.07, 6.45) is 0.263. The molecule has 6 rings (SSSR count). The Balaban J connectivity index is 1.26. The Morgan fingerprint density at radius 3 is 2.49 bits per heavy atom. The van der Waals surface area contributed by atoms with Crippen LogP contribution in [0, 0.1) is 27.7 Å². The second-order valence-electron chi connectivity index (χ2n) is 11.3. The molecule has 0 aliphatic carbocycles. The summed E-state index contributed by atoms with van der Waals surface area (Å²) < 4.78 is 11.9. The summed E-state index contributed by atoms with van der Waals surface area (Å²) in [5.41, 5.74) is 14.2. The summed E-state index contributed by atoms with van der Waals surface area (Å²) in [6.45, 7) is 9.62. The van der Waals surface area contributed by atoms with Gasteiger partial charge in [-0.1, -0.05) is 65.3 Å². The Hall–Kier alpha value is -4.20. The minimum absolute atomic E-state index is 0.0370. The van der Waals surface area contributed by atoms with Gasteiger partial charge in [0, 0.05) is 30.1 Å². The topological polar surface area (TPSA) is 97.5 Å². The van der Waals surface area contributed by atoms with Crippen molar-refractivity contribution in [3.8, 4) is 0 Å². The molecule has 1 fully saturated rings. The van der Waals surface area contributed by atoms with Gasteiger partial charge in [0.1, 0.15) is 17.1 Å². The summed E-state index contributed by atoms with van der Waals surface area (Å²) >= 11 is 0. The molecule has 3 heterocycles. The van der Waals surface area contributed by atoms with Gasteiger partial charge >= 0.3 is 0 Å². The lowest BCUT2D eigenvalue weighted by molar-refractivity contribution is -0.120. The number of rotatable bonds is 8. The lowest BCUT2D eigenvalue weighted by Crippen LogP contribution is -2.56. The molecule has 0 unspecified atom stereocenters. The van der Waals surface area contributed by atoms with Crippen LogP contribution in [-0.4, -0.2) is 35.1 Å². The van der Waals surface area contributed by atoms with Crippen molar-refractivity contribution in [2.75, 3.05) is 13.1 Å². The molecule has 1 saturated heterocycles. The lowest BCUT2D eigenvalue weighted by atomic mass is 9.93. The van der Waals surface area contributed by atoms with E-state index in [1.807, 2.05) is 50.2 Å². The Kier molecular flexibility index (Phi) is 7.24. The maximum Gasteiger partial charge on any atom is 0.225 e. The Bertz CT molecular complexity index is 1680. The van der Waals surface area contributed by atoms with Crippen LogP contribution in [0.3, 0.4) is 0 Å². The fraction of sp³-hybridized carbons (Fsp3) is 0.294. The summed E-state index contributed by atoms with van der Waals surface area (Å²) in [5, 5.41) is 8.44. The number of benzene rings is 3. The number of aromatic nitrogens is 1. The predicted molar refractivity (Wildman–Crippen MR) is 160 cm³/mol. The number of fused-ring (bicyclic) bond motifs is 1. The van der Waals surface area contributed by atoms with Crippen LogP contribution in [-0.2, 0) is 11.2 Å². The summed E-state index contributed by atoms with van der Waals surface area (Å²) in [4.78, 5) is 15.7. The van der Waals surface area contributed by atoms with Gasteiger partial charge in [-0.2, -0.15) is 0 Å². The highest BCUT2D eigenvalue weighted by Gasteiger charge is 2.37. The molecule has 3 N–H and O–H groups in total. The van der Waals surface area contributed by atoms with Gasteiger partial charge in [-0.05, 0) is 68.1 Å². The first kappa shape index (κ1) is 27.0. The largest absolute Gasteiger partial charge is 0.459 e. The monoisotopic (exact) mass is 548 g/mol. The highest BCUT2D eigenvalue weighted by molar-refractivity contribution is 5.83. The SMILES string of the molecule is Cc1ccc([C@@H](NC(=O)Cc2ccc3oc([C@H](c4c(C)noc4C)N4CC(N)C4)cc3c2)c2ccccc2)c(C)c1. The number of amides is 1. The van der Waals surface area contributed by atoms with Crippen molar-refractivity contribution >= 4 is 16.9 Å². The molecule has 1 aliphatic rings. The molecule has 0 spiro atoms. The van der Waals surface area contributed by atoms with Crippen LogP contribution < -0.4 is 11.1 Å². The van der Waals surface area contributed by atoms with Crippen molar-refractivity contribution in [1.82, 2.24) is 15.4 Å². The van der Waals surface area contributed by atoms with E-state index in [1.54, 1.807) is 0 Å². The number of furan rings is 1. The van der Waals surface area contributed by atoms with Gasteiger partial charge in [0.25, 0.3) is 0 Å². The van der Waals surface area contributed by atoms with Gasteiger partial charge in [-0.25, -0.2) is 0 Å². The third kappa shape index (κ3) is 5.43. The van der Waals surface area contributed by atoms with Crippen molar-refractivity contribution in [2.24, 2.45) is 5.73 Å². The van der Waals surface area contributed by atoms with E-state index in [9.17, 15) is 4.79 Å². The number of nitrogens with two attached hydrogens (primary N) is 1. The van der Waals surface area contributed by atoms with Crippen molar-refractivity contribution < 1.29 is 13.7 Å². The molecular weight excluding hydrogens is 512 g/mol. The average Bonchev–Trinajstić information content (AvgIpc) is 3.50. The number of nitrogens with zero attached hydrogens (tertiary/aromatic N) is 2. The highest BCUT2D eigenvalue weighted by atomic mass is 16.5. The Morgan fingerprint density at radius 2 is 1.80 bits per heavy atom. The maximum absolute atomic E-state index is 13.4. The molecule has 210 valence electrons. The second-order valence-corrected chi connectivity index (χ2v) is 11.3. The fourth-order valence-electron chi connectivity index (χ4n) is 6.04. The molecule has 2 aromatic heterocycles. The van der Waals surface area contributed by atoms with Gasteiger partial charge in [0.2, 0.25) is 5.91 Å². The van der Waals surface area contributed by atoms with Gasteiger partial charge < -0.3 is 20.0 Å². The van der Waals surface area contributed by atoms with Gasteiger partial charge in [-0.3, -0.25) is 9.69 Å². The molecule has 0 bridgehead atoms. The molecule has 5 aromatic rings.